The normalized spacial score (nSPS) is 11.8. The molecule has 1 atom stereocenters. The Morgan fingerprint density at radius 2 is 1.81 bits per heavy atom. The summed E-state index contributed by atoms with van der Waals surface area (Å²) < 4.78 is 0. The number of carbonyl (C=O) groups is 2. The summed E-state index contributed by atoms with van der Waals surface area (Å²) >= 11 is 0. The number of anilines is 1. The van der Waals surface area contributed by atoms with Gasteiger partial charge >= 0.3 is 0 Å². The summed E-state index contributed by atoms with van der Waals surface area (Å²) in [7, 11) is 0. The highest BCUT2D eigenvalue weighted by molar-refractivity contribution is 5.90. The second-order valence-electron chi connectivity index (χ2n) is 5.11. The number of carbonyl (C=O) groups excluding carboxylic acids is 2. The second-order valence-corrected chi connectivity index (χ2v) is 5.11. The highest BCUT2D eigenvalue weighted by Gasteiger charge is 2.11. The van der Waals surface area contributed by atoms with Gasteiger partial charge in [0.1, 0.15) is 0 Å². The molecular formula is C16H25N3O2. The Morgan fingerprint density at radius 1 is 1.14 bits per heavy atom. The smallest absolute Gasteiger partial charge is 0.237 e. The lowest BCUT2D eigenvalue weighted by molar-refractivity contribution is -0.122. The lowest BCUT2D eigenvalue weighted by Crippen LogP contribution is -2.40. The van der Waals surface area contributed by atoms with Gasteiger partial charge in [-0.15, -0.1) is 0 Å². The van der Waals surface area contributed by atoms with E-state index in [9.17, 15) is 9.59 Å². The van der Waals surface area contributed by atoms with E-state index in [0.29, 0.717) is 19.4 Å². The van der Waals surface area contributed by atoms with E-state index in [1.54, 1.807) is 0 Å². The molecule has 0 aromatic heterocycles. The molecule has 21 heavy (non-hydrogen) atoms. The fraction of sp³-hybridized carbons (Fsp3) is 0.500. The Bertz CT molecular complexity index is 457. The van der Waals surface area contributed by atoms with E-state index in [4.69, 9.17) is 5.73 Å². The zero-order chi connectivity index (χ0) is 15.7. The molecule has 0 aliphatic carbocycles. The van der Waals surface area contributed by atoms with E-state index in [0.717, 1.165) is 24.1 Å². The molecule has 116 valence electrons. The minimum Gasteiger partial charge on any atom is -0.351 e. The maximum Gasteiger partial charge on any atom is 0.237 e. The average molecular weight is 291 g/mol. The third-order valence-electron chi connectivity index (χ3n) is 3.12. The van der Waals surface area contributed by atoms with Crippen molar-refractivity contribution < 1.29 is 9.59 Å². The van der Waals surface area contributed by atoms with Crippen LogP contribution >= 0.6 is 0 Å². The number of hydrogen-bond acceptors (Lipinski definition) is 3. The molecule has 0 heterocycles. The average Bonchev–Trinajstić information content (AvgIpc) is 2.46. The third-order valence-corrected chi connectivity index (χ3v) is 3.12. The quantitative estimate of drug-likeness (QED) is 0.686. The van der Waals surface area contributed by atoms with Crippen molar-refractivity contribution in [2.75, 3.05) is 5.32 Å². The van der Waals surface area contributed by atoms with E-state index in [2.05, 4.69) is 10.6 Å². The molecule has 0 saturated carbocycles. The van der Waals surface area contributed by atoms with E-state index in [-0.39, 0.29) is 11.8 Å². The molecule has 0 radical (unpaired) electrons. The third kappa shape index (κ3) is 6.40. The summed E-state index contributed by atoms with van der Waals surface area (Å²) in [5.74, 6) is -0.110. The molecule has 1 unspecified atom stereocenters. The highest BCUT2D eigenvalue weighted by atomic mass is 16.2. The van der Waals surface area contributed by atoms with Gasteiger partial charge in [-0.2, -0.15) is 0 Å². The molecule has 2 amide bonds. The van der Waals surface area contributed by atoms with Crippen molar-refractivity contribution in [2.24, 2.45) is 5.73 Å². The molecule has 5 heteroatoms. The molecule has 0 aliphatic rings. The van der Waals surface area contributed by atoms with Crippen LogP contribution in [0.3, 0.4) is 0 Å². The van der Waals surface area contributed by atoms with E-state index < -0.39 is 6.04 Å². The van der Waals surface area contributed by atoms with Gasteiger partial charge in [-0.05, 0) is 30.5 Å². The lowest BCUT2D eigenvalue weighted by atomic mass is 10.1. The molecule has 5 nitrogen and oxygen atoms in total. The summed E-state index contributed by atoms with van der Waals surface area (Å²) in [4.78, 5) is 23.2. The van der Waals surface area contributed by atoms with Crippen LogP contribution < -0.4 is 16.4 Å². The minimum absolute atomic E-state index is 0.0177. The predicted molar refractivity (Wildman–Crippen MR) is 84.7 cm³/mol. The topological polar surface area (TPSA) is 84.2 Å². The molecule has 0 aliphatic heterocycles. The van der Waals surface area contributed by atoms with Crippen molar-refractivity contribution in [2.45, 2.75) is 52.1 Å². The first kappa shape index (κ1) is 17.2. The molecule has 0 saturated heterocycles. The molecule has 0 fully saturated rings. The zero-order valence-corrected chi connectivity index (χ0v) is 12.8. The van der Waals surface area contributed by atoms with Crippen LogP contribution in [0.15, 0.2) is 24.3 Å². The van der Waals surface area contributed by atoms with Crippen molar-refractivity contribution in [3.63, 3.8) is 0 Å². The van der Waals surface area contributed by atoms with Crippen LogP contribution in [0, 0.1) is 0 Å². The predicted octanol–water partition coefficient (Wildman–Crippen LogP) is 2.17. The summed E-state index contributed by atoms with van der Waals surface area (Å²) in [6.45, 7) is 4.41. The monoisotopic (exact) mass is 291 g/mol. The number of nitrogens with two attached hydrogens (primary N) is 1. The first-order valence-electron chi connectivity index (χ1n) is 7.48. The molecule has 1 rings (SSSR count). The fourth-order valence-electron chi connectivity index (χ4n) is 1.92. The molecule has 4 N–H and O–H groups in total. The van der Waals surface area contributed by atoms with Gasteiger partial charge in [0, 0.05) is 18.7 Å². The van der Waals surface area contributed by atoms with Gasteiger partial charge < -0.3 is 16.4 Å². The van der Waals surface area contributed by atoms with E-state index in [1.807, 2.05) is 38.1 Å². The molecule has 0 spiro atoms. The maximum atomic E-state index is 11.7. The first-order chi connectivity index (χ1) is 10.1. The maximum absolute atomic E-state index is 11.7. The van der Waals surface area contributed by atoms with Gasteiger partial charge in [-0.3, -0.25) is 9.59 Å². The van der Waals surface area contributed by atoms with Gasteiger partial charge in [0.15, 0.2) is 0 Å². The van der Waals surface area contributed by atoms with E-state index in [1.165, 1.54) is 0 Å². The Hall–Kier alpha value is -1.88. The largest absolute Gasteiger partial charge is 0.351 e. The van der Waals surface area contributed by atoms with Crippen molar-refractivity contribution in [3.05, 3.63) is 29.8 Å². The van der Waals surface area contributed by atoms with E-state index >= 15 is 0 Å². The Kier molecular flexibility index (Phi) is 7.46. The number of hydrogen-bond donors (Lipinski definition) is 3. The summed E-state index contributed by atoms with van der Waals surface area (Å²) in [6, 6.07) is 6.99. The zero-order valence-electron chi connectivity index (χ0n) is 12.8. The molecule has 1 aromatic carbocycles. The number of amides is 2. The van der Waals surface area contributed by atoms with Crippen LogP contribution in [0.2, 0.25) is 0 Å². The van der Waals surface area contributed by atoms with Crippen LogP contribution in [-0.2, 0) is 16.1 Å². The van der Waals surface area contributed by atoms with Crippen LogP contribution in [0.5, 0.6) is 0 Å². The molecule has 1 aromatic rings. The summed E-state index contributed by atoms with van der Waals surface area (Å²) in [5.41, 5.74) is 7.48. The SMILES string of the molecule is CCCC(=O)Nc1ccc(CNC(=O)C(N)CCC)cc1. The minimum atomic E-state index is -0.442. The van der Waals surface area contributed by atoms with Gasteiger partial charge in [-0.25, -0.2) is 0 Å². The fourth-order valence-corrected chi connectivity index (χ4v) is 1.92. The Balaban J connectivity index is 2.44. The van der Waals surface area contributed by atoms with Crippen LogP contribution in [0.1, 0.15) is 45.1 Å². The first-order valence-corrected chi connectivity index (χ1v) is 7.48. The lowest BCUT2D eigenvalue weighted by Gasteiger charge is -2.11. The number of rotatable bonds is 8. The van der Waals surface area contributed by atoms with Gasteiger partial charge in [0.05, 0.1) is 6.04 Å². The van der Waals surface area contributed by atoms with Crippen molar-refractivity contribution in [1.29, 1.82) is 0 Å². The van der Waals surface area contributed by atoms with Crippen LogP contribution in [0.4, 0.5) is 5.69 Å². The van der Waals surface area contributed by atoms with Gasteiger partial charge in [0.25, 0.3) is 0 Å². The van der Waals surface area contributed by atoms with Gasteiger partial charge in [-0.1, -0.05) is 32.4 Å². The van der Waals surface area contributed by atoms with Crippen molar-refractivity contribution in [3.8, 4) is 0 Å². The summed E-state index contributed by atoms with van der Waals surface area (Å²) in [5, 5.41) is 5.64. The van der Waals surface area contributed by atoms with Crippen LogP contribution in [-0.4, -0.2) is 17.9 Å². The summed E-state index contributed by atoms with van der Waals surface area (Å²) in [6.07, 6.45) is 2.93. The second kappa shape index (κ2) is 9.13. The standard InChI is InChI=1S/C16H25N3O2/c1-3-5-14(17)16(21)18-11-12-7-9-13(10-8-12)19-15(20)6-4-2/h7-10,14H,3-6,11,17H2,1-2H3,(H,18,21)(H,19,20). The van der Waals surface area contributed by atoms with Crippen molar-refractivity contribution in [1.82, 2.24) is 5.32 Å². The highest BCUT2D eigenvalue weighted by Crippen LogP contribution is 2.10. The number of benzene rings is 1. The van der Waals surface area contributed by atoms with Crippen LogP contribution in [0.25, 0.3) is 0 Å². The number of nitrogens with one attached hydrogen (secondary N) is 2. The van der Waals surface area contributed by atoms with Gasteiger partial charge in [0.2, 0.25) is 11.8 Å². The molecule has 0 bridgehead atoms. The van der Waals surface area contributed by atoms with Crippen molar-refractivity contribution >= 4 is 17.5 Å². The Labute approximate surface area is 126 Å². The molecular weight excluding hydrogens is 266 g/mol. The Morgan fingerprint density at radius 3 is 2.38 bits per heavy atom.